The Morgan fingerprint density at radius 3 is 2.81 bits per heavy atom. The molecule has 1 unspecified atom stereocenters. The van der Waals surface area contributed by atoms with E-state index in [0.29, 0.717) is 11.2 Å². The van der Waals surface area contributed by atoms with Gasteiger partial charge in [-0.05, 0) is 55.5 Å². The number of para-hydroxylation sites is 2. The number of pyridine rings is 2. The normalized spacial score (nSPS) is 18.1. The molecule has 0 bridgehead atoms. The molecule has 1 aromatic carbocycles. The lowest BCUT2D eigenvalue weighted by Crippen LogP contribution is -2.25. The highest BCUT2D eigenvalue weighted by atomic mass is 15.2. The molecule has 0 spiro atoms. The largest absolute Gasteiger partial charge is 0.357 e. The number of fused-ring (bicyclic) bond motifs is 5. The van der Waals surface area contributed by atoms with Crippen molar-refractivity contribution in [3.05, 3.63) is 48.0 Å². The number of aromatic nitrogens is 3. The molecule has 5 heteroatoms. The van der Waals surface area contributed by atoms with E-state index in [1.54, 1.807) is 0 Å². The molecule has 1 aliphatic heterocycles. The fraction of sp³-hybridized carbons (Fsp3) is 0.318. The predicted octanol–water partition coefficient (Wildman–Crippen LogP) is 4.53. The smallest absolute Gasteiger partial charge is 0.157 e. The molecule has 1 saturated heterocycles. The zero-order valence-corrected chi connectivity index (χ0v) is 15.4. The van der Waals surface area contributed by atoms with Crippen LogP contribution >= 0.6 is 0 Å². The summed E-state index contributed by atoms with van der Waals surface area (Å²) in [5.74, 6) is 1.79. The third kappa shape index (κ3) is 2.60. The first-order valence-electron chi connectivity index (χ1n) is 9.60. The summed E-state index contributed by atoms with van der Waals surface area (Å²) < 4.78 is 2.03. The van der Waals surface area contributed by atoms with Gasteiger partial charge in [-0.1, -0.05) is 19.1 Å². The van der Waals surface area contributed by atoms with E-state index >= 15 is 0 Å². The first-order chi connectivity index (χ1) is 13.2. The summed E-state index contributed by atoms with van der Waals surface area (Å²) in [6.07, 6.45) is 3.69. The van der Waals surface area contributed by atoms with Crippen LogP contribution in [0.4, 0.5) is 5.82 Å². The van der Waals surface area contributed by atoms with Gasteiger partial charge in [-0.15, -0.1) is 0 Å². The van der Waals surface area contributed by atoms with Crippen molar-refractivity contribution in [1.29, 1.82) is 5.26 Å². The third-order valence-corrected chi connectivity index (χ3v) is 5.67. The van der Waals surface area contributed by atoms with E-state index in [1.165, 1.54) is 19.3 Å². The highest BCUT2D eigenvalue weighted by Crippen LogP contribution is 2.28. The Kier molecular flexibility index (Phi) is 3.71. The van der Waals surface area contributed by atoms with E-state index in [1.807, 2.05) is 34.7 Å². The van der Waals surface area contributed by atoms with Gasteiger partial charge in [0.15, 0.2) is 5.65 Å². The lowest BCUT2D eigenvalue weighted by Gasteiger charge is -2.22. The maximum Gasteiger partial charge on any atom is 0.157 e. The van der Waals surface area contributed by atoms with Crippen molar-refractivity contribution < 1.29 is 0 Å². The van der Waals surface area contributed by atoms with Gasteiger partial charge in [0.05, 0.1) is 16.6 Å². The Morgan fingerprint density at radius 2 is 1.93 bits per heavy atom. The Labute approximate surface area is 157 Å². The van der Waals surface area contributed by atoms with Crippen molar-refractivity contribution in [2.75, 3.05) is 18.0 Å². The fourth-order valence-electron chi connectivity index (χ4n) is 4.13. The van der Waals surface area contributed by atoms with Gasteiger partial charge in [-0.2, -0.15) is 5.26 Å². The van der Waals surface area contributed by atoms with Gasteiger partial charge in [0.25, 0.3) is 0 Å². The third-order valence-electron chi connectivity index (χ3n) is 5.67. The van der Waals surface area contributed by atoms with Crippen molar-refractivity contribution in [2.45, 2.75) is 26.2 Å². The number of benzene rings is 1. The van der Waals surface area contributed by atoms with Crippen molar-refractivity contribution in [3.63, 3.8) is 0 Å². The zero-order valence-electron chi connectivity index (χ0n) is 15.4. The second kappa shape index (κ2) is 6.24. The van der Waals surface area contributed by atoms with Crippen LogP contribution in [-0.2, 0) is 0 Å². The monoisotopic (exact) mass is 355 g/mol. The molecule has 4 heterocycles. The van der Waals surface area contributed by atoms with Crippen LogP contribution in [0.1, 0.15) is 31.7 Å². The Bertz CT molecular complexity index is 1200. The number of nitriles is 1. The Hall–Kier alpha value is -3.13. The minimum absolute atomic E-state index is 0.580. The van der Waals surface area contributed by atoms with Gasteiger partial charge in [0, 0.05) is 18.5 Å². The fourth-order valence-corrected chi connectivity index (χ4v) is 4.13. The quantitative estimate of drug-likeness (QED) is 0.503. The average molecular weight is 355 g/mol. The summed E-state index contributed by atoms with van der Waals surface area (Å²) in [5, 5.41) is 10.6. The molecule has 5 rings (SSSR count). The van der Waals surface area contributed by atoms with Crippen LogP contribution in [0.5, 0.6) is 0 Å². The van der Waals surface area contributed by atoms with Crippen LogP contribution in [0.25, 0.3) is 27.7 Å². The summed E-state index contributed by atoms with van der Waals surface area (Å²) in [4.78, 5) is 12.1. The number of rotatable bonds is 1. The molecule has 3 aromatic heterocycles. The zero-order chi connectivity index (χ0) is 18.4. The second-order valence-corrected chi connectivity index (χ2v) is 7.53. The van der Waals surface area contributed by atoms with Crippen LogP contribution in [0.15, 0.2) is 42.5 Å². The maximum absolute atomic E-state index is 9.60. The molecule has 1 fully saturated rings. The summed E-state index contributed by atoms with van der Waals surface area (Å²) in [7, 11) is 0. The van der Waals surface area contributed by atoms with Crippen molar-refractivity contribution in [2.24, 2.45) is 5.92 Å². The van der Waals surface area contributed by atoms with Gasteiger partial charge in [-0.3, -0.25) is 4.40 Å². The number of anilines is 1. The summed E-state index contributed by atoms with van der Waals surface area (Å²) in [6.45, 7) is 4.43. The van der Waals surface area contributed by atoms with E-state index in [4.69, 9.17) is 9.97 Å². The van der Waals surface area contributed by atoms with Gasteiger partial charge >= 0.3 is 0 Å². The highest BCUT2D eigenvalue weighted by Gasteiger charge is 2.18. The molecule has 27 heavy (non-hydrogen) atoms. The number of hydrogen-bond donors (Lipinski definition) is 0. The minimum Gasteiger partial charge on any atom is -0.357 e. The van der Waals surface area contributed by atoms with Gasteiger partial charge in [0.1, 0.15) is 17.5 Å². The molecular formula is C22H21N5. The van der Waals surface area contributed by atoms with E-state index in [0.717, 1.165) is 46.9 Å². The van der Waals surface area contributed by atoms with Crippen LogP contribution < -0.4 is 4.90 Å². The first kappa shape index (κ1) is 16.1. The maximum atomic E-state index is 9.60. The SMILES string of the molecule is CC1CCCN(c2ccc3cc(C#N)c4nc5ccccc5n4c3n2)CC1. The molecule has 0 aliphatic carbocycles. The average Bonchev–Trinajstić information content (AvgIpc) is 2.96. The van der Waals surface area contributed by atoms with Crippen LogP contribution in [-0.4, -0.2) is 27.5 Å². The molecule has 0 amide bonds. The molecule has 0 saturated carbocycles. The van der Waals surface area contributed by atoms with E-state index in [9.17, 15) is 5.26 Å². The molecule has 134 valence electrons. The molecule has 0 N–H and O–H groups in total. The van der Waals surface area contributed by atoms with Crippen LogP contribution in [0, 0.1) is 17.2 Å². The van der Waals surface area contributed by atoms with Gasteiger partial charge in [-0.25, -0.2) is 9.97 Å². The molecule has 0 radical (unpaired) electrons. The van der Waals surface area contributed by atoms with Crippen molar-refractivity contribution in [1.82, 2.24) is 14.4 Å². The Balaban J connectivity index is 1.76. The van der Waals surface area contributed by atoms with Crippen LogP contribution in [0.2, 0.25) is 0 Å². The summed E-state index contributed by atoms with van der Waals surface area (Å²) in [6, 6.07) is 16.4. The van der Waals surface area contributed by atoms with Gasteiger partial charge in [0.2, 0.25) is 0 Å². The number of hydrogen-bond acceptors (Lipinski definition) is 4. The second-order valence-electron chi connectivity index (χ2n) is 7.53. The molecule has 1 aliphatic rings. The number of nitrogens with zero attached hydrogens (tertiary/aromatic N) is 5. The Morgan fingerprint density at radius 1 is 1.04 bits per heavy atom. The molecule has 5 nitrogen and oxygen atoms in total. The summed E-state index contributed by atoms with van der Waals surface area (Å²) >= 11 is 0. The van der Waals surface area contributed by atoms with Gasteiger partial charge < -0.3 is 4.90 Å². The number of imidazole rings is 1. The molecular weight excluding hydrogens is 334 g/mol. The van der Waals surface area contributed by atoms with E-state index in [-0.39, 0.29) is 0 Å². The predicted molar refractivity (Wildman–Crippen MR) is 108 cm³/mol. The highest BCUT2D eigenvalue weighted by molar-refractivity contribution is 5.91. The minimum atomic E-state index is 0.580. The molecule has 4 aromatic rings. The van der Waals surface area contributed by atoms with Crippen LogP contribution in [0.3, 0.4) is 0 Å². The first-order valence-corrected chi connectivity index (χ1v) is 9.60. The van der Waals surface area contributed by atoms with Crippen molar-refractivity contribution >= 4 is 33.5 Å². The lowest BCUT2D eigenvalue weighted by molar-refractivity contribution is 0.521. The standard InChI is InChI=1S/C22H21N5/c1-15-5-4-11-26(12-10-15)20-9-8-16-13-17(14-23)22-24-18-6-2-3-7-19(18)27(22)21(16)25-20/h2-3,6-9,13,15H,4-5,10-12H2,1H3. The lowest BCUT2D eigenvalue weighted by atomic mass is 10.0. The van der Waals surface area contributed by atoms with E-state index < -0.39 is 0 Å². The van der Waals surface area contributed by atoms with E-state index in [2.05, 4.69) is 30.0 Å². The molecule has 1 atom stereocenters. The topological polar surface area (TPSA) is 57.2 Å². The summed E-state index contributed by atoms with van der Waals surface area (Å²) in [5.41, 5.74) is 4.01. The van der Waals surface area contributed by atoms with Crippen molar-refractivity contribution in [3.8, 4) is 6.07 Å².